The average molecular weight is 458 g/mol. The maximum Gasteiger partial charge on any atom is 0.250 e. The first-order valence-electron chi connectivity index (χ1n) is 11.4. The van der Waals surface area contributed by atoms with Crippen LogP contribution in [0.15, 0.2) is 23.3 Å². The molecule has 2 fully saturated rings. The summed E-state index contributed by atoms with van der Waals surface area (Å²) < 4.78 is 22.2. The van der Waals surface area contributed by atoms with E-state index in [1.807, 2.05) is 32.0 Å². The molecule has 1 N–H and O–H groups in total. The lowest BCUT2D eigenvalue weighted by Crippen LogP contribution is -2.40. The molecule has 0 saturated carbocycles. The minimum atomic E-state index is 0.389. The Morgan fingerprint density at radius 2 is 1.45 bits per heavy atom. The molecule has 3 heterocycles. The van der Waals surface area contributed by atoms with E-state index in [0.717, 1.165) is 31.7 Å². The number of nitrogens with zero attached hydrogens (tertiary/aromatic N) is 6. The Kier molecular flexibility index (Phi) is 8.09. The van der Waals surface area contributed by atoms with Crippen LogP contribution >= 0.6 is 0 Å². The van der Waals surface area contributed by atoms with Gasteiger partial charge in [-0.15, -0.1) is 0 Å². The summed E-state index contributed by atoms with van der Waals surface area (Å²) in [4.78, 5) is 18.1. The van der Waals surface area contributed by atoms with Crippen molar-refractivity contribution < 1.29 is 18.9 Å². The van der Waals surface area contributed by atoms with Crippen LogP contribution in [0.4, 0.5) is 17.8 Å². The predicted octanol–water partition coefficient (Wildman–Crippen LogP) is 1.79. The van der Waals surface area contributed by atoms with Crippen LogP contribution in [0, 0.1) is 0 Å². The van der Waals surface area contributed by atoms with Crippen LogP contribution in [0.1, 0.15) is 19.4 Å². The number of benzene rings is 1. The first-order chi connectivity index (χ1) is 16.3. The summed E-state index contributed by atoms with van der Waals surface area (Å²) in [5.41, 5.74) is 3.83. The first-order valence-corrected chi connectivity index (χ1v) is 11.4. The summed E-state index contributed by atoms with van der Waals surface area (Å²) in [5.74, 6) is 3.03. The molecule has 11 nitrogen and oxygen atoms in total. The van der Waals surface area contributed by atoms with E-state index in [4.69, 9.17) is 23.9 Å². The molecule has 0 aliphatic carbocycles. The monoisotopic (exact) mass is 457 g/mol. The molecule has 0 radical (unpaired) electrons. The molecular formula is C22H31N7O4. The van der Waals surface area contributed by atoms with E-state index in [0.29, 0.717) is 69.0 Å². The summed E-state index contributed by atoms with van der Waals surface area (Å²) >= 11 is 0. The number of hydrogen-bond acceptors (Lipinski definition) is 11. The molecule has 33 heavy (non-hydrogen) atoms. The highest BCUT2D eigenvalue weighted by Crippen LogP contribution is 2.28. The van der Waals surface area contributed by atoms with Gasteiger partial charge >= 0.3 is 0 Å². The van der Waals surface area contributed by atoms with Crippen LogP contribution in [0.2, 0.25) is 0 Å². The Labute approximate surface area is 193 Å². The van der Waals surface area contributed by atoms with Gasteiger partial charge in [-0.05, 0) is 37.6 Å². The topological polar surface area (TPSA) is 106 Å². The summed E-state index contributed by atoms with van der Waals surface area (Å²) in [6, 6.07) is 5.70. The summed E-state index contributed by atoms with van der Waals surface area (Å²) in [7, 11) is 0. The average Bonchev–Trinajstić information content (AvgIpc) is 2.87. The van der Waals surface area contributed by atoms with Gasteiger partial charge in [-0.3, -0.25) is 0 Å². The van der Waals surface area contributed by atoms with E-state index in [2.05, 4.69) is 30.3 Å². The van der Waals surface area contributed by atoms with Crippen LogP contribution in [0.5, 0.6) is 11.5 Å². The van der Waals surface area contributed by atoms with Crippen molar-refractivity contribution in [2.75, 3.05) is 81.0 Å². The molecule has 11 heteroatoms. The molecule has 2 aliphatic heterocycles. The zero-order valence-corrected chi connectivity index (χ0v) is 19.2. The SMILES string of the molecule is CCOc1ccc(/C=N/Nc2nc(N3CCOCC3)nc(N3CCOCC3)n2)cc1OCC. The predicted molar refractivity (Wildman–Crippen MR) is 126 cm³/mol. The lowest BCUT2D eigenvalue weighted by molar-refractivity contribution is 0.121. The lowest BCUT2D eigenvalue weighted by Gasteiger charge is -2.30. The van der Waals surface area contributed by atoms with Crippen molar-refractivity contribution in [3.05, 3.63) is 23.8 Å². The van der Waals surface area contributed by atoms with Gasteiger partial charge in [0.25, 0.3) is 0 Å². The molecule has 2 aromatic rings. The third kappa shape index (κ3) is 6.20. The third-order valence-corrected chi connectivity index (χ3v) is 5.15. The van der Waals surface area contributed by atoms with Gasteiger partial charge in [-0.25, -0.2) is 5.43 Å². The van der Waals surface area contributed by atoms with Gasteiger partial charge in [0.1, 0.15) is 0 Å². The van der Waals surface area contributed by atoms with Crippen LogP contribution in [-0.2, 0) is 9.47 Å². The lowest BCUT2D eigenvalue weighted by atomic mass is 10.2. The highest BCUT2D eigenvalue weighted by molar-refractivity contribution is 5.81. The summed E-state index contributed by atoms with van der Waals surface area (Å²) in [5, 5.41) is 4.35. The molecule has 0 bridgehead atoms. The van der Waals surface area contributed by atoms with Gasteiger partial charge in [0, 0.05) is 26.2 Å². The minimum Gasteiger partial charge on any atom is -0.490 e. The fraction of sp³-hybridized carbons (Fsp3) is 0.545. The van der Waals surface area contributed by atoms with Crippen LogP contribution in [-0.4, -0.2) is 87.0 Å². The number of hydrogen-bond donors (Lipinski definition) is 1. The van der Waals surface area contributed by atoms with E-state index in [-0.39, 0.29) is 0 Å². The van der Waals surface area contributed by atoms with Gasteiger partial charge in [0.05, 0.1) is 45.9 Å². The number of anilines is 3. The van der Waals surface area contributed by atoms with Crippen molar-refractivity contribution in [3.8, 4) is 11.5 Å². The molecule has 0 amide bonds. The van der Waals surface area contributed by atoms with Crippen molar-refractivity contribution >= 4 is 24.1 Å². The highest BCUT2D eigenvalue weighted by Gasteiger charge is 2.20. The Hall–Kier alpha value is -3.18. The first kappa shape index (κ1) is 23.0. The molecule has 2 aliphatic rings. The highest BCUT2D eigenvalue weighted by atomic mass is 16.5. The zero-order valence-electron chi connectivity index (χ0n) is 19.2. The van der Waals surface area contributed by atoms with Gasteiger partial charge in [0.2, 0.25) is 17.8 Å². The summed E-state index contributed by atoms with van der Waals surface area (Å²) in [6.45, 7) is 10.6. The molecule has 0 unspecified atom stereocenters. The Morgan fingerprint density at radius 1 is 0.879 bits per heavy atom. The second-order valence-electron chi connectivity index (χ2n) is 7.40. The zero-order chi connectivity index (χ0) is 22.9. The maximum atomic E-state index is 5.69. The fourth-order valence-corrected chi connectivity index (χ4v) is 3.53. The third-order valence-electron chi connectivity index (χ3n) is 5.15. The van der Waals surface area contributed by atoms with E-state index in [9.17, 15) is 0 Å². The molecule has 0 spiro atoms. The molecule has 4 rings (SSSR count). The van der Waals surface area contributed by atoms with Crippen molar-refractivity contribution in [2.45, 2.75) is 13.8 Å². The molecule has 1 aromatic carbocycles. The smallest absolute Gasteiger partial charge is 0.250 e. The Morgan fingerprint density at radius 3 is 2.03 bits per heavy atom. The molecule has 178 valence electrons. The Bertz CT molecular complexity index is 895. The van der Waals surface area contributed by atoms with Gasteiger partial charge in [-0.1, -0.05) is 0 Å². The number of morpholine rings is 2. The normalized spacial score (nSPS) is 16.8. The van der Waals surface area contributed by atoms with Gasteiger partial charge in [-0.2, -0.15) is 20.1 Å². The molecule has 2 saturated heterocycles. The van der Waals surface area contributed by atoms with E-state index in [1.165, 1.54) is 0 Å². The summed E-state index contributed by atoms with van der Waals surface area (Å²) in [6.07, 6.45) is 1.70. The van der Waals surface area contributed by atoms with Crippen molar-refractivity contribution in [1.29, 1.82) is 0 Å². The number of aromatic nitrogens is 3. The van der Waals surface area contributed by atoms with Gasteiger partial charge in [0.15, 0.2) is 11.5 Å². The number of rotatable bonds is 9. The van der Waals surface area contributed by atoms with E-state index in [1.54, 1.807) is 6.21 Å². The molecular weight excluding hydrogens is 426 g/mol. The second kappa shape index (κ2) is 11.6. The minimum absolute atomic E-state index is 0.389. The van der Waals surface area contributed by atoms with Crippen molar-refractivity contribution in [2.24, 2.45) is 5.10 Å². The molecule has 1 aromatic heterocycles. The largest absolute Gasteiger partial charge is 0.490 e. The quantitative estimate of drug-likeness (QED) is 0.442. The van der Waals surface area contributed by atoms with Crippen molar-refractivity contribution in [1.82, 2.24) is 15.0 Å². The van der Waals surface area contributed by atoms with E-state index >= 15 is 0 Å². The van der Waals surface area contributed by atoms with Crippen LogP contribution < -0.4 is 24.7 Å². The number of nitrogens with one attached hydrogen (secondary N) is 1. The van der Waals surface area contributed by atoms with Crippen molar-refractivity contribution in [3.63, 3.8) is 0 Å². The van der Waals surface area contributed by atoms with Crippen LogP contribution in [0.3, 0.4) is 0 Å². The number of ether oxygens (including phenoxy) is 4. The second-order valence-corrected chi connectivity index (χ2v) is 7.40. The van der Waals surface area contributed by atoms with E-state index < -0.39 is 0 Å². The number of hydrazone groups is 1. The standard InChI is InChI=1S/C22H31N7O4/c1-3-32-18-6-5-17(15-19(18)33-4-2)16-23-27-20-24-21(28-7-11-30-12-8-28)26-22(25-20)29-9-13-31-14-10-29/h5-6,15-16H,3-4,7-14H2,1-2H3,(H,24,25,26,27)/b23-16+. The van der Waals surface area contributed by atoms with Gasteiger partial charge < -0.3 is 28.7 Å². The fourth-order valence-electron chi connectivity index (χ4n) is 3.53. The van der Waals surface area contributed by atoms with Crippen LogP contribution in [0.25, 0.3) is 0 Å². The molecule has 0 atom stereocenters. The Balaban J connectivity index is 1.52. The maximum absolute atomic E-state index is 5.69.